The number of nitrogens with zero attached hydrogens (tertiary/aromatic N) is 3. The molecule has 0 saturated heterocycles. The molecule has 0 spiro atoms. The van der Waals surface area contributed by atoms with Gasteiger partial charge in [0.2, 0.25) is 0 Å². The molecule has 0 radical (unpaired) electrons. The van der Waals surface area contributed by atoms with E-state index in [0.717, 1.165) is 18.5 Å². The molecule has 0 aliphatic heterocycles. The standard InChI is InChI=1S/C15H12Cl3N3/c16-12-6-5-10(7-13(12)17)21-15(18)11(8-19)14(20-21)9-3-1-2-4-9/h5-7,9H,1-4H2. The third-order valence-electron chi connectivity index (χ3n) is 3.86. The summed E-state index contributed by atoms with van der Waals surface area (Å²) in [6.45, 7) is 0. The van der Waals surface area contributed by atoms with E-state index in [0.29, 0.717) is 32.4 Å². The van der Waals surface area contributed by atoms with Crippen molar-refractivity contribution in [2.45, 2.75) is 31.6 Å². The van der Waals surface area contributed by atoms with Crippen LogP contribution in [-0.4, -0.2) is 9.78 Å². The minimum atomic E-state index is 0.321. The summed E-state index contributed by atoms with van der Waals surface area (Å²) in [5.74, 6) is 0.321. The predicted octanol–water partition coefficient (Wildman–Crippen LogP) is 5.36. The zero-order valence-electron chi connectivity index (χ0n) is 11.1. The van der Waals surface area contributed by atoms with Gasteiger partial charge in [-0.1, -0.05) is 47.6 Å². The molecule has 1 fully saturated rings. The third-order valence-corrected chi connectivity index (χ3v) is 4.95. The fourth-order valence-corrected chi connectivity index (χ4v) is 3.36. The number of aromatic nitrogens is 2. The maximum absolute atomic E-state index is 9.38. The first-order chi connectivity index (χ1) is 10.1. The summed E-state index contributed by atoms with van der Waals surface area (Å²) in [5, 5.41) is 15.2. The second-order valence-corrected chi connectivity index (χ2v) is 6.33. The van der Waals surface area contributed by atoms with Crippen molar-refractivity contribution in [3.63, 3.8) is 0 Å². The van der Waals surface area contributed by atoms with Gasteiger partial charge in [-0.25, -0.2) is 4.68 Å². The zero-order chi connectivity index (χ0) is 15.0. The van der Waals surface area contributed by atoms with E-state index in [-0.39, 0.29) is 0 Å². The largest absolute Gasteiger partial charge is 0.220 e. The fraction of sp³-hybridized carbons (Fsp3) is 0.333. The number of hydrogen-bond acceptors (Lipinski definition) is 2. The smallest absolute Gasteiger partial charge is 0.150 e. The highest BCUT2D eigenvalue weighted by Gasteiger charge is 2.26. The highest BCUT2D eigenvalue weighted by atomic mass is 35.5. The molecule has 108 valence electrons. The van der Waals surface area contributed by atoms with E-state index in [4.69, 9.17) is 34.8 Å². The highest BCUT2D eigenvalue weighted by Crippen LogP contribution is 2.38. The average molecular weight is 341 g/mol. The van der Waals surface area contributed by atoms with Crippen molar-refractivity contribution in [2.24, 2.45) is 0 Å². The maximum Gasteiger partial charge on any atom is 0.150 e. The molecule has 0 N–H and O–H groups in total. The van der Waals surface area contributed by atoms with Gasteiger partial charge >= 0.3 is 0 Å². The second-order valence-electron chi connectivity index (χ2n) is 5.15. The molecule has 1 aromatic heterocycles. The van der Waals surface area contributed by atoms with Gasteiger partial charge in [-0.15, -0.1) is 0 Å². The molecule has 0 amide bonds. The Labute approximate surface area is 138 Å². The normalized spacial score (nSPS) is 15.3. The second kappa shape index (κ2) is 5.88. The van der Waals surface area contributed by atoms with Gasteiger partial charge in [0.1, 0.15) is 11.6 Å². The van der Waals surface area contributed by atoms with Crippen LogP contribution in [0, 0.1) is 11.3 Å². The van der Waals surface area contributed by atoms with Crippen LogP contribution in [0.25, 0.3) is 5.69 Å². The lowest BCUT2D eigenvalue weighted by Crippen LogP contribution is -2.00. The topological polar surface area (TPSA) is 41.6 Å². The van der Waals surface area contributed by atoms with Crippen LogP contribution in [0.3, 0.4) is 0 Å². The first-order valence-electron chi connectivity index (χ1n) is 6.75. The number of benzene rings is 1. The van der Waals surface area contributed by atoms with Gasteiger partial charge in [0.15, 0.2) is 5.15 Å². The number of nitriles is 1. The van der Waals surface area contributed by atoms with E-state index in [2.05, 4.69) is 11.2 Å². The molecule has 1 heterocycles. The molecule has 3 nitrogen and oxygen atoms in total. The van der Waals surface area contributed by atoms with Crippen molar-refractivity contribution in [1.82, 2.24) is 9.78 Å². The Morgan fingerprint density at radius 2 is 1.86 bits per heavy atom. The van der Waals surface area contributed by atoms with E-state index in [1.165, 1.54) is 12.8 Å². The van der Waals surface area contributed by atoms with Gasteiger partial charge in [-0.05, 0) is 31.0 Å². The Kier molecular flexibility index (Phi) is 4.12. The van der Waals surface area contributed by atoms with Crippen molar-refractivity contribution in [2.75, 3.05) is 0 Å². The monoisotopic (exact) mass is 339 g/mol. The van der Waals surface area contributed by atoms with E-state index in [1.807, 2.05) is 0 Å². The summed E-state index contributed by atoms with van der Waals surface area (Å²) in [6, 6.07) is 7.36. The molecule has 3 rings (SSSR count). The first kappa shape index (κ1) is 14.7. The van der Waals surface area contributed by atoms with Crippen molar-refractivity contribution in [3.8, 4) is 11.8 Å². The molecule has 21 heavy (non-hydrogen) atoms. The van der Waals surface area contributed by atoms with Crippen LogP contribution in [-0.2, 0) is 0 Å². The molecule has 0 unspecified atom stereocenters. The van der Waals surface area contributed by atoms with Crippen LogP contribution >= 0.6 is 34.8 Å². The lowest BCUT2D eigenvalue weighted by molar-refractivity contribution is 0.677. The molecule has 1 aliphatic rings. The average Bonchev–Trinajstić information content (AvgIpc) is 3.09. The molecule has 1 aromatic carbocycles. The van der Waals surface area contributed by atoms with E-state index in [9.17, 15) is 5.26 Å². The van der Waals surface area contributed by atoms with Gasteiger partial charge in [0.05, 0.1) is 21.4 Å². The quantitative estimate of drug-likeness (QED) is 0.738. The van der Waals surface area contributed by atoms with Crippen molar-refractivity contribution in [3.05, 3.63) is 44.7 Å². The Bertz CT molecular complexity index is 724. The van der Waals surface area contributed by atoms with E-state index in [1.54, 1.807) is 22.9 Å². The Morgan fingerprint density at radius 1 is 1.14 bits per heavy atom. The Hall–Kier alpha value is -1.21. The molecule has 0 atom stereocenters. The number of rotatable bonds is 2. The fourth-order valence-electron chi connectivity index (χ4n) is 2.79. The summed E-state index contributed by atoms with van der Waals surface area (Å²) in [7, 11) is 0. The lowest BCUT2D eigenvalue weighted by Gasteiger charge is -2.06. The van der Waals surface area contributed by atoms with Crippen molar-refractivity contribution < 1.29 is 0 Å². The summed E-state index contributed by atoms with van der Waals surface area (Å²) >= 11 is 18.3. The van der Waals surface area contributed by atoms with Crippen LogP contribution in [0.2, 0.25) is 15.2 Å². The summed E-state index contributed by atoms with van der Waals surface area (Å²) in [6.07, 6.45) is 4.46. The summed E-state index contributed by atoms with van der Waals surface area (Å²) in [5.41, 5.74) is 1.97. The van der Waals surface area contributed by atoms with Crippen molar-refractivity contribution >= 4 is 34.8 Å². The number of hydrogen-bond donors (Lipinski definition) is 0. The van der Waals surface area contributed by atoms with E-state index >= 15 is 0 Å². The highest BCUT2D eigenvalue weighted by molar-refractivity contribution is 6.42. The predicted molar refractivity (Wildman–Crippen MR) is 84.5 cm³/mol. The van der Waals surface area contributed by atoms with Crippen LogP contribution < -0.4 is 0 Å². The molecular formula is C15H12Cl3N3. The SMILES string of the molecule is N#Cc1c(C2CCCC2)nn(-c2ccc(Cl)c(Cl)c2)c1Cl. The molecule has 0 bridgehead atoms. The van der Waals surface area contributed by atoms with Gasteiger partial charge in [-0.2, -0.15) is 10.4 Å². The van der Waals surface area contributed by atoms with Gasteiger partial charge in [-0.3, -0.25) is 0 Å². The summed E-state index contributed by atoms with van der Waals surface area (Å²) in [4.78, 5) is 0. The molecular weight excluding hydrogens is 329 g/mol. The van der Waals surface area contributed by atoms with Gasteiger partial charge in [0.25, 0.3) is 0 Å². The Balaban J connectivity index is 2.10. The molecule has 1 saturated carbocycles. The minimum Gasteiger partial charge on any atom is -0.220 e. The third kappa shape index (κ3) is 2.64. The zero-order valence-corrected chi connectivity index (χ0v) is 13.4. The van der Waals surface area contributed by atoms with Crippen molar-refractivity contribution in [1.29, 1.82) is 5.26 Å². The Morgan fingerprint density at radius 3 is 2.48 bits per heavy atom. The summed E-state index contributed by atoms with van der Waals surface area (Å²) < 4.78 is 1.57. The molecule has 6 heteroatoms. The lowest BCUT2D eigenvalue weighted by atomic mass is 10.0. The van der Waals surface area contributed by atoms with Gasteiger partial charge in [0, 0.05) is 5.92 Å². The maximum atomic E-state index is 9.38. The molecule has 2 aromatic rings. The van der Waals surface area contributed by atoms with Crippen LogP contribution in [0.5, 0.6) is 0 Å². The molecule has 1 aliphatic carbocycles. The van der Waals surface area contributed by atoms with Crippen LogP contribution in [0.1, 0.15) is 42.9 Å². The van der Waals surface area contributed by atoms with E-state index < -0.39 is 0 Å². The van der Waals surface area contributed by atoms with Crippen LogP contribution in [0.15, 0.2) is 18.2 Å². The minimum absolute atomic E-state index is 0.321. The van der Waals surface area contributed by atoms with Gasteiger partial charge < -0.3 is 0 Å². The van der Waals surface area contributed by atoms with Crippen LogP contribution in [0.4, 0.5) is 0 Å². The first-order valence-corrected chi connectivity index (χ1v) is 7.89. The number of halogens is 3.